The van der Waals surface area contributed by atoms with Crippen LogP contribution in [0.25, 0.3) is 0 Å². The molecule has 0 aromatic rings. The first-order valence-electron chi connectivity index (χ1n) is 2.74. The number of rotatable bonds is 2. The minimum absolute atomic E-state index is 0.140. The molecule has 0 rings (SSSR count). The zero-order valence-electron chi connectivity index (χ0n) is 5.68. The summed E-state index contributed by atoms with van der Waals surface area (Å²) in [5.41, 5.74) is 4.79. The first-order chi connectivity index (χ1) is 4.31. The van der Waals surface area contributed by atoms with Crippen LogP contribution in [0.3, 0.4) is 0 Å². The lowest BCUT2D eigenvalue weighted by Gasteiger charge is -1.86. The molecule has 0 aromatic heterocycles. The first-order valence-corrected chi connectivity index (χ1v) is 2.74. The summed E-state index contributed by atoms with van der Waals surface area (Å²) >= 11 is 0. The van der Waals surface area contributed by atoms with E-state index in [9.17, 15) is 9.59 Å². The third-order valence-electron chi connectivity index (χ3n) is 0.405. The van der Waals surface area contributed by atoms with Crippen LogP contribution in [0.1, 0.15) is 13.8 Å². The topological polar surface area (TPSA) is 72.2 Å². The number of carbonyl (C=O) groups excluding carboxylic acids is 2. The highest BCUT2D eigenvalue weighted by Crippen LogP contribution is 1.48. The Morgan fingerprint density at radius 3 is 2.22 bits per heavy atom. The van der Waals surface area contributed by atoms with Crippen molar-refractivity contribution in [3.05, 3.63) is 0 Å². The average Bonchev–Trinajstić information content (AvgIpc) is 1.93. The van der Waals surface area contributed by atoms with Gasteiger partial charge in [-0.25, -0.2) is 0 Å². The van der Waals surface area contributed by atoms with Gasteiger partial charge >= 0.3 is 0 Å². The van der Waals surface area contributed by atoms with Crippen molar-refractivity contribution in [2.75, 3.05) is 6.54 Å². The minimum Gasteiger partial charge on any atom is -0.322 e. The summed E-state index contributed by atoms with van der Waals surface area (Å²) in [6, 6.07) is 0. The van der Waals surface area contributed by atoms with Crippen molar-refractivity contribution in [1.82, 2.24) is 5.32 Å². The van der Waals surface area contributed by atoms with E-state index < -0.39 is 5.91 Å². The molecule has 0 saturated heterocycles. The second-order valence-corrected chi connectivity index (χ2v) is 0.889. The quantitative estimate of drug-likeness (QED) is 0.485. The molecule has 0 aliphatic carbocycles. The Kier molecular flexibility index (Phi) is 12.4. The molecule has 4 heteroatoms. The van der Waals surface area contributed by atoms with Gasteiger partial charge in [0.1, 0.15) is 0 Å². The summed E-state index contributed by atoms with van der Waals surface area (Å²) in [5.74, 6) is -0.463. The number of nitrogens with two attached hydrogens (primary N) is 1. The third-order valence-corrected chi connectivity index (χ3v) is 0.405. The van der Waals surface area contributed by atoms with E-state index in [4.69, 9.17) is 5.73 Å². The number of carbonyl (C=O) groups is 2. The van der Waals surface area contributed by atoms with Gasteiger partial charge < -0.3 is 5.73 Å². The van der Waals surface area contributed by atoms with Gasteiger partial charge in [-0.1, -0.05) is 13.8 Å². The molecule has 0 heterocycles. The van der Waals surface area contributed by atoms with Crippen molar-refractivity contribution in [3.63, 3.8) is 0 Å². The largest absolute Gasteiger partial charge is 0.322 e. The summed E-state index contributed by atoms with van der Waals surface area (Å²) in [6.45, 7) is 3.86. The van der Waals surface area contributed by atoms with Gasteiger partial charge in [-0.15, -0.1) is 0 Å². The predicted molar refractivity (Wildman–Crippen MR) is 34.6 cm³/mol. The van der Waals surface area contributed by atoms with Crippen molar-refractivity contribution in [2.45, 2.75) is 13.8 Å². The average molecular weight is 132 g/mol. The maximum atomic E-state index is 9.94. The van der Waals surface area contributed by atoms with Crippen LogP contribution in [0.5, 0.6) is 0 Å². The normalized spacial score (nSPS) is 6.56. The van der Waals surface area contributed by atoms with Crippen molar-refractivity contribution in [2.24, 2.45) is 5.73 Å². The summed E-state index contributed by atoms with van der Waals surface area (Å²) in [4.78, 5) is 19.3. The van der Waals surface area contributed by atoms with E-state index in [1.54, 1.807) is 0 Å². The Morgan fingerprint density at radius 1 is 1.67 bits per heavy atom. The molecule has 0 bridgehead atoms. The fraction of sp³-hybridized carbons (Fsp3) is 0.600. The molecule has 0 atom stereocenters. The van der Waals surface area contributed by atoms with Crippen LogP contribution in [0.15, 0.2) is 0 Å². The number of hydrogen-bond donors (Lipinski definition) is 2. The number of imide groups is 1. The summed E-state index contributed by atoms with van der Waals surface area (Å²) in [6.07, 6.45) is 0.301. The second-order valence-electron chi connectivity index (χ2n) is 0.889. The Bertz CT molecular complexity index is 83.0. The van der Waals surface area contributed by atoms with E-state index in [0.717, 1.165) is 0 Å². The van der Waals surface area contributed by atoms with Crippen LogP contribution in [0.4, 0.5) is 0 Å². The molecule has 54 valence electrons. The highest BCUT2D eigenvalue weighted by molar-refractivity contribution is 5.86. The first kappa shape index (κ1) is 11.0. The summed E-state index contributed by atoms with van der Waals surface area (Å²) in [5, 5.41) is 1.85. The van der Waals surface area contributed by atoms with Gasteiger partial charge in [-0.2, -0.15) is 0 Å². The van der Waals surface area contributed by atoms with Crippen molar-refractivity contribution in [1.29, 1.82) is 0 Å². The Morgan fingerprint density at radius 2 is 2.11 bits per heavy atom. The maximum absolute atomic E-state index is 9.94. The van der Waals surface area contributed by atoms with E-state index in [1.165, 1.54) is 0 Å². The molecule has 9 heavy (non-hydrogen) atoms. The van der Waals surface area contributed by atoms with Crippen molar-refractivity contribution in [3.8, 4) is 0 Å². The molecule has 0 aliphatic rings. The second kappa shape index (κ2) is 10.2. The van der Waals surface area contributed by atoms with Crippen LogP contribution >= 0.6 is 0 Å². The lowest BCUT2D eigenvalue weighted by atomic mass is 10.6. The van der Waals surface area contributed by atoms with E-state index in [-0.39, 0.29) is 6.54 Å². The summed E-state index contributed by atoms with van der Waals surface area (Å²) < 4.78 is 0. The van der Waals surface area contributed by atoms with E-state index in [1.807, 2.05) is 19.2 Å². The molecule has 0 aliphatic heterocycles. The maximum Gasteiger partial charge on any atom is 0.240 e. The number of nitrogens with one attached hydrogen (secondary N) is 1. The van der Waals surface area contributed by atoms with Gasteiger partial charge in [0.05, 0.1) is 6.54 Å². The fourth-order valence-electron chi connectivity index (χ4n) is 0.125. The van der Waals surface area contributed by atoms with E-state index in [0.29, 0.717) is 6.41 Å². The van der Waals surface area contributed by atoms with Crippen LogP contribution in [0.2, 0.25) is 0 Å². The molecule has 0 aromatic carbocycles. The predicted octanol–water partition coefficient (Wildman–Crippen LogP) is -0.756. The van der Waals surface area contributed by atoms with Crippen molar-refractivity contribution < 1.29 is 9.59 Å². The van der Waals surface area contributed by atoms with Crippen LogP contribution in [0, 0.1) is 0 Å². The van der Waals surface area contributed by atoms with Gasteiger partial charge in [0.2, 0.25) is 12.3 Å². The van der Waals surface area contributed by atoms with Gasteiger partial charge in [-0.05, 0) is 0 Å². The Labute approximate surface area is 54.4 Å². The number of amides is 2. The third kappa shape index (κ3) is 11.0. The summed E-state index contributed by atoms with van der Waals surface area (Å²) in [7, 11) is 0. The standard InChI is InChI=1S/C3H6N2O2.C2H6/c4-1-3(7)5-2-6;1-2/h2H,1,4H2,(H,5,6,7);1-2H3. The van der Waals surface area contributed by atoms with Gasteiger partial charge in [0.15, 0.2) is 0 Å². The van der Waals surface area contributed by atoms with E-state index >= 15 is 0 Å². The minimum atomic E-state index is -0.463. The number of hydrogen-bond acceptors (Lipinski definition) is 3. The van der Waals surface area contributed by atoms with Crippen LogP contribution < -0.4 is 11.1 Å². The van der Waals surface area contributed by atoms with Crippen LogP contribution in [-0.4, -0.2) is 18.9 Å². The highest BCUT2D eigenvalue weighted by Gasteiger charge is 1.89. The molecule has 0 radical (unpaired) electrons. The molecule has 0 spiro atoms. The van der Waals surface area contributed by atoms with Gasteiger partial charge in [0.25, 0.3) is 0 Å². The molecule has 0 unspecified atom stereocenters. The molecular formula is C5H12N2O2. The molecule has 4 nitrogen and oxygen atoms in total. The lowest BCUT2D eigenvalue weighted by molar-refractivity contribution is -0.124. The van der Waals surface area contributed by atoms with Gasteiger partial charge in [-0.3, -0.25) is 14.9 Å². The van der Waals surface area contributed by atoms with Crippen molar-refractivity contribution >= 4 is 12.3 Å². The molecular weight excluding hydrogens is 120 g/mol. The SMILES string of the molecule is CC.NCC(=O)NC=O. The van der Waals surface area contributed by atoms with E-state index in [2.05, 4.69) is 0 Å². The zero-order chi connectivity index (χ0) is 7.70. The fourth-order valence-corrected chi connectivity index (χ4v) is 0.125. The Hall–Kier alpha value is -0.900. The van der Waals surface area contributed by atoms with Gasteiger partial charge in [0, 0.05) is 0 Å². The van der Waals surface area contributed by atoms with Crippen LogP contribution in [-0.2, 0) is 9.59 Å². The molecule has 3 N–H and O–H groups in total. The molecule has 2 amide bonds. The highest BCUT2D eigenvalue weighted by atomic mass is 16.2. The Balaban J connectivity index is 0. The monoisotopic (exact) mass is 132 g/mol. The smallest absolute Gasteiger partial charge is 0.240 e. The lowest BCUT2D eigenvalue weighted by Crippen LogP contribution is -2.28. The molecule has 0 fully saturated rings. The molecule has 0 saturated carbocycles. The zero-order valence-corrected chi connectivity index (χ0v) is 5.68.